The van der Waals surface area contributed by atoms with E-state index in [1.807, 2.05) is 0 Å². The maximum Gasteiger partial charge on any atom is 0.397 e. The summed E-state index contributed by atoms with van der Waals surface area (Å²) in [5, 5.41) is 11.5. The molecule has 8 heteroatoms. The first-order valence-corrected chi connectivity index (χ1v) is 7.61. The number of benzene rings is 1. The Hall–Kier alpha value is -1.70. The lowest BCUT2D eigenvalue weighted by Gasteiger charge is -2.13. The number of alkyl halides is 3. The van der Waals surface area contributed by atoms with Gasteiger partial charge >= 0.3 is 12.1 Å². The van der Waals surface area contributed by atoms with Crippen LogP contribution in [0.25, 0.3) is 0 Å². The van der Waals surface area contributed by atoms with Gasteiger partial charge in [0.15, 0.2) is 0 Å². The van der Waals surface area contributed by atoms with Crippen LogP contribution in [0.5, 0.6) is 0 Å². The van der Waals surface area contributed by atoms with Crippen LogP contribution in [-0.4, -0.2) is 41.2 Å². The summed E-state index contributed by atoms with van der Waals surface area (Å²) in [6.07, 6.45) is -4.08. The number of aliphatic carboxylic acids is 1. The summed E-state index contributed by atoms with van der Waals surface area (Å²) < 4.78 is 35.8. The van der Waals surface area contributed by atoms with Crippen molar-refractivity contribution in [3.8, 4) is 0 Å². The van der Waals surface area contributed by atoms with Crippen molar-refractivity contribution in [2.45, 2.75) is 12.6 Å². The Bertz CT molecular complexity index is 494. The number of amides is 1. The smallest absolute Gasteiger partial charge is 0.397 e. The van der Waals surface area contributed by atoms with E-state index >= 15 is 0 Å². The number of halogens is 3. The molecular formula is C14H16F3NO3S. The summed E-state index contributed by atoms with van der Waals surface area (Å²) in [6.45, 7) is -0.115. The molecule has 0 bridgehead atoms. The van der Waals surface area contributed by atoms with E-state index in [9.17, 15) is 22.8 Å². The standard InChI is InChI=1S/C14H16F3NO3S/c15-14(16,17)9-22-8-12(19)18-7-11(13(20)21)6-10-4-2-1-3-5-10/h1-5,11H,6-9H2,(H,18,19)(H,20,21). The fourth-order valence-electron chi connectivity index (χ4n) is 1.69. The zero-order valence-corrected chi connectivity index (χ0v) is 12.4. The van der Waals surface area contributed by atoms with Crippen molar-refractivity contribution in [2.24, 2.45) is 5.92 Å². The minimum absolute atomic E-state index is 0.115. The van der Waals surface area contributed by atoms with Crippen molar-refractivity contribution in [1.29, 1.82) is 0 Å². The van der Waals surface area contributed by atoms with E-state index in [1.165, 1.54) is 0 Å². The highest BCUT2D eigenvalue weighted by Gasteiger charge is 2.27. The SMILES string of the molecule is O=C(CSCC(F)(F)F)NCC(Cc1ccccc1)C(=O)O. The summed E-state index contributed by atoms with van der Waals surface area (Å²) in [5.74, 6) is -3.94. The number of hydrogen-bond acceptors (Lipinski definition) is 3. The number of nitrogens with one attached hydrogen (secondary N) is 1. The molecule has 0 saturated carbocycles. The molecule has 0 radical (unpaired) electrons. The number of thioether (sulfide) groups is 1. The van der Waals surface area contributed by atoms with Crippen molar-refractivity contribution in [3.63, 3.8) is 0 Å². The first-order valence-electron chi connectivity index (χ1n) is 6.46. The molecule has 1 rings (SSSR count). The monoisotopic (exact) mass is 335 g/mol. The second-order valence-corrected chi connectivity index (χ2v) is 5.62. The predicted molar refractivity (Wildman–Crippen MR) is 77.7 cm³/mol. The molecule has 0 saturated heterocycles. The fourth-order valence-corrected chi connectivity index (χ4v) is 2.31. The Morgan fingerprint density at radius 2 is 1.86 bits per heavy atom. The summed E-state index contributed by atoms with van der Waals surface area (Å²) in [4.78, 5) is 22.6. The molecule has 0 aliphatic heterocycles. The molecule has 2 N–H and O–H groups in total. The van der Waals surface area contributed by atoms with Crippen LogP contribution < -0.4 is 5.32 Å². The third-order valence-corrected chi connectivity index (χ3v) is 3.72. The summed E-state index contributed by atoms with van der Waals surface area (Å²) in [6, 6.07) is 8.91. The number of carboxylic acid groups (broad SMARTS) is 1. The minimum atomic E-state index is -4.32. The Labute approximate surface area is 130 Å². The van der Waals surface area contributed by atoms with Crippen molar-refractivity contribution < 1.29 is 27.9 Å². The van der Waals surface area contributed by atoms with E-state index < -0.39 is 29.7 Å². The zero-order valence-electron chi connectivity index (χ0n) is 11.6. The number of carbonyl (C=O) groups excluding carboxylic acids is 1. The molecular weight excluding hydrogens is 319 g/mol. The summed E-state index contributed by atoms with van der Waals surface area (Å²) >= 11 is 0.448. The van der Waals surface area contributed by atoms with Gasteiger partial charge in [0.2, 0.25) is 5.91 Å². The van der Waals surface area contributed by atoms with Crippen LogP contribution in [0.15, 0.2) is 30.3 Å². The maximum atomic E-state index is 11.9. The average molecular weight is 335 g/mol. The lowest BCUT2D eigenvalue weighted by atomic mass is 9.99. The normalized spacial score (nSPS) is 12.7. The molecule has 1 aromatic rings. The number of hydrogen-bond donors (Lipinski definition) is 2. The first-order chi connectivity index (χ1) is 10.3. The molecule has 0 fully saturated rings. The minimum Gasteiger partial charge on any atom is -0.481 e. The molecule has 0 aromatic heterocycles. The largest absolute Gasteiger partial charge is 0.481 e. The Morgan fingerprint density at radius 1 is 1.23 bits per heavy atom. The highest BCUT2D eigenvalue weighted by Crippen LogP contribution is 2.20. The van der Waals surface area contributed by atoms with Crippen LogP contribution in [0.2, 0.25) is 0 Å². The highest BCUT2D eigenvalue weighted by atomic mass is 32.2. The van der Waals surface area contributed by atoms with Crippen LogP contribution in [-0.2, 0) is 16.0 Å². The second kappa shape index (κ2) is 8.67. The third-order valence-electron chi connectivity index (χ3n) is 2.72. The van der Waals surface area contributed by atoms with Crippen LogP contribution >= 0.6 is 11.8 Å². The van der Waals surface area contributed by atoms with Gasteiger partial charge in [0.25, 0.3) is 0 Å². The van der Waals surface area contributed by atoms with Gasteiger partial charge in [-0.25, -0.2) is 0 Å². The molecule has 4 nitrogen and oxygen atoms in total. The van der Waals surface area contributed by atoms with Gasteiger partial charge in [-0.1, -0.05) is 30.3 Å². The number of rotatable bonds is 8. The van der Waals surface area contributed by atoms with Gasteiger partial charge in [-0.2, -0.15) is 13.2 Å². The van der Waals surface area contributed by atoms with Crippen molar-refractivity contribution >= 4 is 23.6 Å². The van der Waals surface area contributed by atoms with Gasteiger partial charge in [-0.3, -0.25) is 9.59 Å². The quantitative estimate of drug-likeness (QED) is 0.765. The summed E-state index contributed by atoms with van der Waals surface area (Å²) in [5.41, 5.74) is 0.815. The van der Waals surface area contributed by atoms with Crippen molar-refractivity contribution in [2.75, 3.05) is 18.1 Å². The predicted octanol–water partition coefficient (Wildman–Crippen LogP) is 2.34. The Balaban J connectivity index is 2.38. The van der Waals surface area contributed by atoms with Gasteiger partial charge in [0, 0.05) is 6.54 Å². The van der Waals surface area contributed by atoms with E-state index in [0.717, 1.165) is 5.56 Å². The first kappa shape index (κ1) is 18.3. The zero-order chi connectivity index (χ0) is 16.6. The van der Waals surface area contributed by atoms with Crippen LogP contribution in [0.4, 0.5) is 13.2 Å². The van der Waals surface area contributed by atoms with Gasteiger partial charge < -0.3 is 10.4 Å². The molecule has 22 heavy (non-hydrogen) atoms. The maximum absolute atomic E-state index is 11.9. The lowest BCUT2D eigenvalue weighted by Crippen LogP contribution is -2.35. The second-order valence-electron chi connectivity index (χ2n) is 4.64. The molecule has 1 amide bonds. The van der Waals surface area contributed by atoms with Gasteiger partial charge in [0.1, 0.15) is 0 Å². The van der Waals surface area contributed by atoms with Gasteiger partial charge in [-0.05, 0) is 12.0 Å². The van der Waals surface area contributed by atoms with E-state index in [1.54, 1.807) is 30.3 Å². The molecule has 0 spiro atoms. The van der Waals surface area contributed by atoms with Crippen molar-refractivity contribution in [3.05, 3.63) is 35.9 Å². The van der Waals surface area contributed by atoms with E-state index in [4.69, 9.17) is 5.11 Å². The number of carbonyl (C=O) groups is 2. The van der Waals surface area contributed by atoms with Crippen LogP contribution in [0.1, 0.15) is 5.56 Å². The molecule has 1 atom stereocenters. The van der Waals surface area contributed by atoms with Crippen LogP contribution in [0.3, 0.4) is 0 Å². The third kappa shape index (κ3) is 7.92. The van der Waals surface area contributed by atoms with Crippen LogP contribution in [0, 0.1) is 5.92 Å². The lowest BCUT2D eigenvalue weighted by molar-refractivity contribution is -0.141. The van der Waals surface area contributed by atoms with Gasteiger partial charge in [0.05, 0.1) is 17.4 Å². The molecule has 1 aromatic carbocycles. The van der Waals surface area contributed by atoms with E-state index in [2.05, 4.69) is 5.32 Å². The summed E-state index contributed by atoms with van der Waals surface area (Å²) in [7, 11) is 0. The fraction of sp³-hybridized carbons (Fsp3) is 0.429. The molecule has 1 unspecified atom stereocenters. The number of carboxylic acids is 1. The molecule has 0 heterocycles. The van der Waals surface area contributed by atoms with E-state index in [-0.39, 0.29) is 18.7 Å². The molecule has 122 valence electrons. The topological polar surface area (TPSA) is 66.4 Å². The van der Waals surface area contributed by atoms with E-state index in [0.29, 0.717) is 11.8 Å². The molecule has 0 aliphatic rings. The Kier molecular flexibility index (Phi) is 7.23. The average Bonchev–Trinajstić information content (AvgIpc) is 2.42. The van der Waals surface area contributed by atoms with Crippen molar-refractivity contribution in [1.82, 2.24) is 5.32 Å². The Morgan fingerprint density at radius 3 is 2.41 bits per heavy atom. The molecule has 0 aliphatic carbocycles. The van der Waals surface area contributed by atoms with Gasteiger partial charge in [-0.15, -0.1) is 11.8 Å². The highest BCUT2D eigenvalue weighted by molar-refractivity contribution is 8.00.